The van der Waals surface area contributed by atoms with Crippen LogP contribution >= 0.6 is 0 Å². The molecule has 0 aliphatic heterocycles. The predicted octanol–water partition coefficient (Wildman–Crippen LogP) is 1.36. The highest BCUT2D eigenvalue weighted by atomic mass is 16.6. The number of aromatic hydroxyl groups is 1. The molecule has 0 heterocycles. The van der Waals surface area contributed by atoms with Gasteiger partial charge in [-0.1, -0.05) is 0 Å². The molecule has 0 bridgehead atoms. The van der Waals surface area contributed by atoms with Crippen molar-refractivity contribution in [2.24, 2.45) is 11.7 Å². The van der Waals surface area contributed by atoms with Gasteiger partial charge in [0, 0.05) is 17.7 Å². The minimum absolute atomic E-state index is 0.0190. The molecule has 2 atom stereocenters. The SMILES string of the molecule is NC[C@@H]1C[C@H]1c1cc([N+](=O)[O-])ccc1O. The van der Waals surface area contributed by atoms with E-state index >= 15 is 0 Å². The van der Waals surface area contributed by atoms with Crippen molar-refractivity contribution in [2.45, 2.75) is 12.3 Å². The number of hydrogen-bond donors (Lipinski definition) is 2. The molecule has 1 aliphatic carbocycles. The Hall–Kier alpha value is -1.62. The number of non-ortho nitro benzene ring substituents is 1. The summed E-state index contributed by atoms with van der Waals surface area (Å²) in [5.74, 6) is 0.675. The molecule has 1 fully saturated rings. The third-order valence-electron chi connectivity index (χ3n) is 2.85. The molecule has 2 rings (SSSR count). The second-order valence-corrected chi connectivity index (χ2v) is 3.84. The van der Waals surface area contributed by atoms with Gasteiger partial charge in [0.15, 0.2) is 0 Å². The van der Waals surface area contributed by atoms with Gasteiger partial charge < -0.3 is 10.8 Å². The van der Waals surface area contributed by atoms with E-state index in [1.165, 1.54) is 18.2 Å². The Labute approximate surface area is 86.7 Å². The van der Waals surface area contributed by atoms with Crippen LogP contribution in [0.25, 0.3) is 0 Å². The monoisotopic (exact) mass is 208 g/mol. The zero-order valence-electron chi connectivity index (χ0n) is 8.09. The lowest BCUT2D eigenvalue weighted by molar-refractivity contribution is -0.384. The largest absolute Gasteiger partial charge is 0.508 e. The van der Waals surface area contributed by atoms with Gasteiger partial charge in [-0.15, -0.1) is 0 Å². The van der Waals surface area contributed by atoms with E-state index in [0.29, 0.717) is 18.0 Å². The van der Waals surface area contributed by atoms with Crippen molar-refractivity contribution in [2.75, 3.05) is 6.54 Å². The maximum Gasteiger partial charge on any atom is 0.269 e. The number of nitro groups is 1. The maximum absolute atomic E-state index is 10.6. The maximum atomic E-state index is 10.6. The second-order valence-electron chi connectivity index (χ2n) is 3.84. The van der Waals surface area contributed by atoms with Gasteiger partial charge in [-0.25, -0.2) is 0 Å². The fourth-order valence-electron chi connectivity index (χ4n) is 1.84. The van der Waals surface area contributed by atoms with Crippen molar-refractivity contribution in [1.29, 1.82) is 0 Å². The normalized spacial score (nSPS) is 23.8. The van der Waals surface area contributed by atoms with Crippen LogP contribution < -0.4 is 5.73 Å². The topological polar surface area (TPSA) is 89.4 Å². The number of nitro benzene ring substituents is 1. The standard InChI is InChI=1S/C10H12N2O3/c11-5-6-3-8(6)9-4-7(12(14)15)1-2-10(9)13/h1-2,4,6,8,13H,3,5,11H2/t6-,8+/m0/s1. The van der Waals surface area contributed by atoms with Gasteiger partial charge in [-0.2, -0.15) is 0 Å². The molecule has 0 radical (unpaired) electrons. The molecular weight excluding hydrogens is 196 g/mol. The Bertz CT molecular complexity index is 406. The first kappa shape index (κ1) is 9.92. The minimum atomic E-state index is -0.456. The van der Waals surface area contributed by atoms with Crippen LogP contribution in [0, 0.1) is 16.0 Å². The van der Waals surface area contributed by atoms with Crippen LogP contribution in [0.3, 0.4) is 0 Å². The van der Waals surface area contributed by atoms with Gasteiger partial charge in [-0.3, -0.25) is 10.1 Å². The van der Waals surface area contributed by atoms with E-state index < -0.39 is 4.92 Å². The van der Waals surface area contributed by atoms with E-state index in [-0.39, 0.29) is 17.4 Å². The van der Waals surface area contributed by atoms with Gasteiger partial charge in [0.05, 0.1) is 4.92 Å². The van der Waals surface area contributed by atoms with Crippen molar-refractivity contribution < 1.29 is 10.0 Å². The summed E-state index contributed by atoms with van der Waals surface area (Å²) in [7, 11) is 0. The molecule has 0 amide bonds. The molecule has 1 aromatic carbocycles. The Kier molecular flexibility index (Phi) is 2.32. The van der Waals surface area contributed by atoms with Crippen LogP contribution in [0.4, 0.5) is 5.69 Å². The number of rotatable bonds is 3. The van der Waals surface area contributed by atoms with E-state index in [1.54, 1.807) is 0 Å². The number of hydrogen-bond acceptors (Lipinski definition) is 4. The average molecular weight is 208 g/mol. The molecule has 0 saturated heterocycles. The van der Waals surface area contributed by atoms with Crippen molar-refractivity contribution in [3.8, 4) is 5.75 Å². The van der Waals surface area contributed by atoms with Crippen molar-refractivity contribution in [3.63, 3.8) is 0 Å². The molecule has 80 valence electrons. The number of phenols is 1. The molecule has 5 nitrogen and oxygen atoms in total. The van der Waals surface area contributed by atoms with E-state index in [1.807, 2.05) is 0 Å². The molecule has 1 aliphatic rings. The fourth-order valence-corrected chi connectivity index (χ4v) is 1.84. The van der Waals surface area contributed by atoms with Crippen LogP contribution in [0.5, 0.6) is 5.75 Å². The Balaban J connectivity index is 2.30. The second kappa shape index (κ2) is 3.51. The number of nitrogens with zero attached hydrogens (tertiary/aromatic N) is 1. The lowest BCUT2D eigenvalue weighted by Crippen LogP contribution is -2.02. The molecule has 0 aromatic heterocycles. The summed E-state index contributed by atoms with van der Waals surface area (Å²) < 4.78 is 0. The first-order chi connectivity index (χ1) is 7.13. The van der Waals surface area contributed by atoms with Crippen LogP contribution in [-0.2, 0) is 0 Å². The molecule has 0 spiro atoms. The lowest BCUT2D eigenvalue weighted by atomic mass is 10.1. The molecule has 3 N–H and O–H groups in total. The number of phenolic OH excluding ortho intramolecular Hbond substituents is 1. The smallest absolute Gasteiger partial charge is 0.269 e. The van der Waals surface area contributed by atoms with Gasteiger partial charge >= 0.3 is 0 Å². The summed E-state index contributed by atoms with van der Waals surface area (Å²) in [6, 6.07) is 4.12. The summed E-state index contributed by atoms with van der Waals surface area (Å²) in [5.41, 5.74) is 6.17. The number of benzene rings is 1. The fraction of sp³-hybridized carbons (Fsp3) is 0.400. The summed E-state index contributed by atoms with van der Waals surface area (Å²) >= 11 is 0. The number of nitrogens with two attached hydrogens (primary N) is 1. The molecular formula is C10H12N2O3. The molecule has 15 heavy (non-hydrogen) atoms. The molecule has 1 aromatic rings. The Morgan fingerprint density at radius 2 is 2.33 bits per heavy atom. The van der Waals surface area contributed by atoms with Gasteiger partial charge in [0.2, 0.25) is 0 Å². The van der Waals surface area contributed by atoms with Gasteiger partial charge in [0.1, 0.15) is 5.75 Å². The Morgan fingerprint density at radius 3 is 2.87 bits per heavy atom. The zero-order valence-corrected chi connectivity index (χ0v) is 8.09. The third-order valence-corrected chi connectivity index (χ3v) is 2.85. The van der Waals surface area contributed by atoms with E-state index in [2.05, 4.69) is 0 Å². The Morgan fingerprint density at radius 1 is 1.60 bits per heavy atom. The highest BCUT2D eigenvalue weighted by Crippen LogP contribution is 2.50. The zero-order chi connectivity index (χ0) is 11.0. The van der Waals surface area contributed by atoms with Crippen LogP contribution in [-0.4, -0.2) is 16.6 Å². The van der Waals surface area contributed by atoms with E-state index in [4.69, 9.17) is 5.73 Å². The first-order valence-corrected chi connectivity index (χ1v) is 4.81. The third kappa shape index (κ3) is 1.78. The van der Waals surface area contributed by atoms with E-state index in [0.717, 1.165) is 6.42 Å². The summed E-state index contributed by atoms with van der Waals surface area (Å²) in [4.78, 5) is 10.1. The highest BCUT2D eigenvalue weighted by molar-refractivity contribution is 5.46. The summed E-state index contributed by atoms with van der Waals surface area (Å²) in [5, 5.41) is 20.1. The van der Waals surface area contributed by atoms with Crippen LogP contribution in [0.1, 0.15) is 17.9 Å². The predicted molar refractivity (Wildman–Crippen MR) is 54.7 cm³/mol. The van der Waals surface area contributed by atoms with Crippen molar-refractivity contribution in [3.05, 3.63) is 33.9 Å². The van der Waals surface area contributed by atoms with Crippen LogP contribution in [0.2, 0.25) is 0 Å². The summed E-state index contributed by atoms with van der Waals surface area (Å²) in [6.45, 7) is 0.562. The van der Waals surface area contributed by atoms with Crippen LogP contribution in [0.15, 0.2) is 18.2 Å². The average Bonchev–Trinajstić information content (AvgIpc) is 2.97. The molecule has 1 saturated carbocycles. The van der Waals surface area contributed by atoms with E-state index in [9.17, 15) is 15.2 Å². The van der Waals surface area contributed by atoms with Gasteiger partial charge in [0.25, 0.3) is 5.69 Å². The van der Waals surface area contributed by atoms with Crippen molar-refractivity contribution in [1.82, 2.24) is 0 Å². The van der Waals surface area contributed by atoms with Gasteiger partial charge in [-0.05, 0) is 30.9 Å². The highest BCUT2D eigenvalue weighted by Gasteiger charge is 2.39. The lowest BCUT2D eigenvalue weighted by Gasteiger charge is -2.02. The molecule has 0 unspecified atom stereocenters. The first-order valence-electron chi connectivity index (χ1n) is 4.81. The summed E-state index contributed by atoms with van der Waals surface area (Å²) in [6.07, 6.45) is 0.908. The minimum Gasteiger partial charge on any atom is -0.508 e. The van der Waals surface area contributed by atoms with Crippen molar-refractivity contribution >= 4 is 5.69 Å². The molecule has 5 heteroatoms. The quantitative estimate of drug-likeness (QED) is 0.579.